The van der Waals surface area contributed by atoms with E-state index < -0.39 is 0 Å². The van der Waals surface area contributed by atoms with Gasteiger partial charge in [-0.15, -0.1) is 0 Å². The lowest BCUT2D eigenvalue weighted by molar-refractivity contribution is 0.170. The largest absolute Gasteiger partial charge is 0.486 e. The molecule has 0 fully saturated rings. The van der Waals surface area contributed by atoms with E-state index >= 15 is 0 Å². The first-order valence-electron chi connectivity index (χ1n) is 21.1. The van der Waals surface area contributed by atoms with E-state index in [0.717, 1.165) is 56.5 Å². The Labute approximate surface area is 346 Å². The molecule has 58 heavy (non-hydrogen) atoms. The Hall–Kier alpha value is -5.10. The van der Waals surface area contributed by atoms with Crippen LogP contribution in [-0.2, 0) is 21.7 Å². The van der Waals surface area contributed by atoms with Crippen molar-refractivity contribution in [3.8, 4) is 11.5 Å². The minimum absolute atomic E-state index is 0.0414. The number of hydrogen-bond donors (Lipinski definition) is 0. The SMILES string of the molecule is Cc1cc2c(c(C)c1N1c3cc(C(C)(C)C)cc4c3B(c3cc(C(C)(C)C)ccc3N4c3ccc(C(C)(C)C)cc3)c3c1oc1ccc(C(C)(C)C)cc31)OCCO2. The molecule has 6 heteroatoms. The van der Waals surface area contributed by atoms with Crippen molar-refractivity contribution in [1.82, 2.24) is 0 Å². The molecule has 3 aliphatic heterocycles. The Bertz CT molecular complexity index is 2640. The summed E-state index contributed by atoms with van der Waals surface area (Å²) in [6.07, 6.45) is 0. The van der Waals surface area contributed by atoms with Gasteiger partial charge in [0.15, 0.2) is 11.5 Å². The summed E-state index contributed by atoms with van der Waals surface area (Å²) in [6, 6.07) is 30.4. The standard InChI is InChI=1S/C52H59BN2O3/c1-30-25-43-47(57-24-23-56-43)31(2)46(30)55-41-29-35(52(12,13)14)28-40-45(41)53(44-37-26-33(50(6,7)8)18-22-42(37)58-48(44)55)38-27-34(51(9,10)11)17-21-39(38)54(40)36-19-15-32(16-20-36)49(3,4)5/h15-22,25-29H,23-24H2,1-14H3. The van der Waals surface area contributed by atoms with E-state index in [1.807, 2.05) is 0 Å². The first-order valence-corrected chi connectivity index (χ1v) is 21.1. The molecule has 5 nitrogen and oxygen atoms in total. The van der Waals surface area contributed by atoms with E-state index in [4.69, 9.17) is 13.9 Å². The van der Waals surface area contributed by atoms with Gasteiger partial charge in [0.05, 0.1) is 5.69 Å². The highest BCUT2D eigenvalue weighted by Crippen LogP contribution is 2.52. The van der Waals surface area contributed by atoms with Gasteiger partial charge >= 0.3 is 0 Å². The number of nitrogens with zero attached hydrogens (tertiary/aromatic N) is 2. The van der Waals surface area contributed by atoms with Crippen molar-refractivity contribution in [2.75, 3.05) is 23.0 Å². The molecule has 298 valence electrons. The molecule has 0 bridgehead atoms. The molecule has 9 rings (SSSR count). The predicted molar refractivity (Wildman–Crippen MR) is 245 cm³/mol. The van der Waals surface area contributed by atoms with Crippen LogP contribution in [0.3, 0.4) is 0 Å². The van der Waals surface area contributed by atoms with Crippen molar-refractivity contribution in [2.45, 2.75) is 119 Å². The maximum atomic E-state index is 7.27. The Morgan fingerprint density at radius 2 is 1.10 bits per heavy atom. The second-order valence-electron chi connectivity index (χ2n) is 21.1. The molecule has 5 aromatic carbocycles. The molecule has 0 saturated carbocycles. The minimum Gasteiger partial charge on any atom is -0.486 e. The Morgan fingerprint density at radius 3 is 1.74 bits per heavy atom. The molecule has 0 atom stereocenters. The fourth-order valence-corrected chi connectivity index (χ4v) is 9.34. The molecule has 0 N–H and O–H groups in total. The van der Waals surface area contributed by atoms with Crippen molar-refractivity contribution in [2.24, 2.45) is 0 Å². The van der Waals surface area contributed by atoms with Gasteiger partial charge in [-0.1, -0.05) is 113 Å². The van der Waals surface area contributed by atoms with Crippen LogP contribution in [0.2, 0.25) is 0 Å². The Kier molecular flexibility index (Phi) is 8.41. The van der Waals surface area contributed by atoms with E-state index in [1.54, 1.807) is 0 Å². The predicted octanol–water partition coefficient (Wildman–Crippen LogP) is 12.1. The van der Waals surface area contributed by atoms with Gasteiger partial charge in [-0.05, 0) is 123 Å². The summed E-state index contributed by atoms with van der Waals surface area (Å²) in [6.45, 7) is 33.0. The van der Waals surface area contributed by atoms with Crippen LogP contribution < -0.4 is 35.7 Å². The highest BCUT2D eigenvalue weighted by atomic mass is 16.6. The topological polar surface area (TPSA) is 38.1 Å². The summed E-state index contributed by atoms with van der Waals surface area (Å²) in [7, 11) is 0. The third kappa shape index (κ3) is 5.96. The molecule has 0 aliphatic carbocycles. The summed E-state index contributed by atoms with van der Waals surface area (Å²) in [5, 5.41) is 1.16. The van der Waals surface area contributed by atoms with E-state index in [2.05, 4.69) is 186 Å². The summed E-state index contributed by atoms with van der Waals surface area (Å²) >= 11 is 0. The zero-order valence-corrected chi connectivity index (χ0v) is 37.1. The van der Waals surface area contributed by atoms with Crippen LogP contribution in [-0.4, -0.2) is 19.9 Å². The fraction of sp³-hybridized carbons (Fsp3) is 0.385. The van der Waals surface area contributed by atoms with Crippen LogP contribution in [0.25, 0.3) is 11.0 Å². The molecule has 0 spiro atoms. The average Bonchev–Trinajstić information content (AvgIpc) is 3.52. The number of fused-ring (bicyclic) bond motifs is 7. The number of aryl methyl sites for hydroxylation is 1. The molecule has 0 amide bonds. The third-order valence-corrected chi connectivity index (χ3v) is 12.7. The van der Waals surface area contributed by atoms with Gasteiger partial charge in [0, 0.05) is 39.2 Å². The van der Waals surface area contributed by atoms with Gasteiger partial charge in [-0.2, -0.15) is 0 Å². The van der Waals surface area contributed by atoms with Gasteiger partial charge < -0.3 is 18.8 Å². The third-order valence-electron chi connectivity index (χ3n) is 12.7. The zero-order valence-electron chi connectivity index (χ0n) is 37.1. The Balaban J connectivity index is 1.45. The molecule has 3 aliphatic rings. The molecular formula is C52H59BN2O3. The molecule has 6 aromatic rings. The summed E-state index contributed by atoms with van der Waals surface area (Å²) in [5.41, 5.74) is 17.6. The van der Waals surface area contributed by atoms with Crippen LogP contribution in [0.1, 0.15) is 116 Å². The van der Waals surface area contributed by atoms with E-state index in [1.165, 1.54) is 50.0 Å². The zero-order chi connectivity index (χ0) is 41.4. The summed E-state index contributed by atoms with van der Waals surface area (Å²) in [5.74, 6) is 2.48. The van der Waals surface area contributed by atoms with Crippen molar-refractivity contribution >= 4 is 68.4 Å². The van der Waals surface area contributed by atoms with Crippen LogP contribution in [0.5, 0.6) is 11.5 Å². The van der Waals surface area contributed by atoms with Crippen LogP contribution in [0.4, 0.5) is 34.3 Å². The Morgan fingerprint density at radius 1 is 0.534 bits per heavy atom. The molecule has 0 saturated heterocycles. The van der Waals surface area contributed by atoms with Crippen LogP contribution >= 0.6 is 0 Å². The van der Waals surface area contributed by atoms with Gasteiger partial charge in [0.2, 0.25) is 5.88 Å². The van der Waals surface area contributed by atoms with Crippen LogP contribution in [0, 0.1) is 13.8 Å². The molecule has 0 unspecified atom stereocenters. The van der Waals surface area contributed by atoms with Crippen LogP contribution in [0.15, 0.2) is 83.3 Å². The van der Waals surface area contributed by atoms with Gasteiger partial charge in [0.25, 0.3) is 6.71 Å². The first-order chi connectivity index (χ1) is 27.1. The lowest BCUT2D eigenvalue weighted by atomic mass is 9.33. The first kappa shape index (κ1) is 38.4. The highest BCUT2D eigenvalue weighted by Gasteiger charge is 2.48. The lowest BCUT2D eigenvalue weighted by Gasteiger charge is -2.44. The quantitative estimate of drug-likeness (QED) is 0.164. The average molecular weight is 771 g/mol. The number of furan rings is 1. The van der Waals surface area contributed by atoms with E-state index in [0.29, 0.717) is 13.2 Å². The normalized spacial score (nSPS) is 15.1. The number of rotatable bonds is 2. The highest BCUT2D eigenvalue weighted by molar-refractivity contribution is 7.01. The second-order valence-corrected chi connectivity index (χ2v) is 21.1. The minimum atomic E-state index is -0.141. The molecular weight excluding hydrogens is 711 g/mol. The molecule has 0 radical (unpaired) electrons. The van der Waals surface area contributed by atoms with E-state index in [-0.39, 0.29) is 28.4 Å². The number of hydrogen-bond acceptors (Lipinski definition) is 5. The number of benzene rings is 5. The van der Waals surface area contributed by atoms with Gasteiger partial charge in [-0.25, -0.2) is 0 Å². The number of ether oxygens (including phenoxy) is 2. The fourth-order valence-electron chi connectivity index (χ4n) is 9.34. The maximum absolute atomic E-state index is 7.27. The van der Waals surface area contributed by atoms with Crippen molar-refractivity contribution in [1.29, 1.82) is 0 Å². The summed E-state index contributed by atoms with van der Waals surface area (Å²) < 4.78 is 19.8. The lowest BCUT2D eigenvalue weighted by Crippen LogP contribution is -2.61. The van der Waals surface area contributed by atoms with Crippen molar-refractivity contribution in [3.63, 3.8) is 0 Å². The van der Waals surface area contributed by atoms with E-state index in [9.17, 15) is 0 Å². The van der Waals surface area contributed by atoms with Gasteiger partial charge in [-0.3, -0.25) is 4.90 Å². The molecule has 1 aromatic heterocycles. The van der Waals surface area contributed by atoms with Gasteiger partial charge in [0.1, 0.15) is 18.8 Å². The maximum Gasteiger partial charge on any atom is 0.257 e. The number of anilines is 6. The smallest absolute Gasteiger partial charge is 0.257 e. The summed E-state index contributed by atoms with van der Waals surface area (Å²) in [4.78, 5) is 4.97. The van der Waals surface area contributed by atoms with Crippen molar-refractivity contribution < 1.29 is 13.9 Å². The monoisotopic (exact) mass is 770 g/mol. The van der Waals surface area contributed by atoms with Crippen molar-refractivity contribution in [3.05, 3.63) is 112 Å². The second kappa shape index (κ2) is 12.7. The molecule has 4 heterocycles.